The van der Waals surface area contributed by atoms with Gasteiger partial charge < -0.3 is 16.2 Å². The van der Waals surface area contributed by atoms with E-state index in [4.69, 9.17) is 33.1 Å². The molecule has 0 spiro atoms. The maximum Gasteiger partial charge on any atom is 0.211 e. The van der Waals surface area contributed by atoms with E-state index >= 15 is 0 Å². The topological polar surface area (TPSA) is 110 Å². The van der Waals surface area contributed by atoms with Gasteiger partial charge in [-0.2, -0.15) is 10.4 Å². The molecule has 0 saturated heterocycles. The summed E-state index contributed by atoms with van der Waals surface area (Å²) in [4.78, 5) is 0. The van der Waals surface area contributed by atoms with Gasteiger partial charge in [-0.3, -0.25) is 0 Å². The van der Waals surface area contributed by atoms with Crippen LogP contribution < -0.4 is 16.2 Å². The normalized spacial score (nSPS) is 10.2. The Bertz CT molecular complexity index is 532. The summed E-state index contributed by atoms with van der Waals surface area (Å²) >= 11 is 6.09. The second-order valence-corrected chi connectivity index (χ2v) is 4.33. The van der Waals surface area contributed by atoms with Crippen molar-refractivity contribution in [2.75, 3.05) is 6.61 Å². The Hall–Kier alpha value is -2.26. The number of unbranched alkanes of at least 4 members (excludes halogenated alkanes) is 2. The third-order valence-corrected chi connectivity index (χ3v) is 2.57. The first kappa shape index (κ1) is 15.8. The van der Waals surface area contributed by atoms with Gasteiger partial charge >= 0.3 is 0 Å². The van der Waals surface area contributed by atoms with E-state index in [1.54, 1.807) is 18.2 Å². The molecule has 1 aromatic carbocycles. The molecule has 0 aliphatic carbocycles. The zero-order valence-electron chi connectivity index (χ0n) is 10.9. The molecule has 0 heterocycles. The Morgan fingerprint density at radius 2 is 2.20 bits per heavy atom. The molecular weight excluding hydrogens is 278 g/mol. The molecule has 0 radical (unpaired) electrons. The highest BCUT2D eigenvalue weighted by atomic mass is 35.5. The van der Waals surface area contributed by atoms with Crippen LogP contribution in [0, 0.1) is 11.3 Å². The number of hydrogen-bond acceptors (Lipinski definition) is 4. The minimum absolute atomic E-state index is 0.107. The standard InChI is InChI=1S/C13H16ClN5O/c14-11-8-10(9-18-19-13(16)17)4-5-12(11)20-7-3-1-2-6-15/h4-5,8-9H,1-3,7H2,(H4,16,17,19). The fraction of sp³-hybridized carbons (Fsp3) is 0.308. The molecule has 1 rings (SSSR count). The van der Waals surface area contributed by atoms with Crippen LogP contribution in [0.25, 0.3) is 0 Å². The smallest absolute Gasteiger partial charge is 0.211 e. The number of hydrogen-bond donors (Lipinski definition) is 2. The van der Waals surface area contributed by atoms with E-state index in [0.29, 0.717) is 23.8 Å². The number of guanidine groups is 1. The van der Waals surface area contributed by atoms with Crippen LogP contribution in [-0.2, 0) is 0 Å². The van der Waals surface area contributed by atoms with Crippen molar-refractivity contribution in [3.8, 4) is 11.8 Å². The van der Waals surface area contributed by atoms with Gasteiger partial charge in [0.05, 0.1) is 23.9 Å². The molecule has 6 nitrogen and oxygen atoms in total. The number of nitriles is 1. The Morgan fingerprint density at radius 1 is 1.40 bits per heavy atom. The average molecular weight is 294 g/mol. The largest absolute Gasteiger partial charge is 0.492 e. The first-order valence-electron chi connectivity index (χ1n) is 6.04. The summed E-state index contributed by atoms with van der Waals surface area (Å²) in [5, 5.41) is 16.1. The van der Waals surface area contributed by atoms with Crippen LogP contribution in [0.2, 0.25) is 5.02 Å². The van der Waals surface area contributed by atoms with Crippen molar-refractivity contribution in [2.45, 2.75) is 19.3 Å². The molecule has 0 aliphatic rings. The molecule has 0 amide bonds. The second-order valence-electron chi connectivity index (χ2n) is 3.92. The van der Waals surface area contributed by atoms with Gasteiger partial charge in [0, 0.05) is 6.42 Å². The summed E-state index contributed by atoms with van der Waals surface area (Å²) in [5.41, 5.74) is 11.1. The van der Waals surface area contributed by atoms with E-state index in [-0.39, 0.29) is 5.96 Å². The van der Waals surface area contributed by atoms with Crippen LogP contribution in [0.3, 0.4) is 0 Å². The maximum atomic E-state index is 8.41. The van der Waals surface area contributed by atoms with Crippen LogP contribution in [-0.4, -0.2) is 18.8 Å². The van der Waals surface area contributed by atoms with Crippen LogP contribution >= 0.6 is 11.6 Å². The van der Waals surface area contributed by atoms with E-state index in [1.807, 2.05) is 0 Å². The van der Waals surface area contributed by atoms with Gasteiger partial charge in [-0.25, -0.2) is 0 Å². The zero-order valence-corrected chi connectivity index (χ0v) is 11.7. The molecule has 0 aliphatic heterocycles. The molecule has 1 aromatic rings. The van der Waals surface area contributed by atoms with Gasteiger partial charge in [-0.1, -0.05) is 11.6 Å². The van der Waals surface area contributed by atoms with Crippen LogP contribution in [0.15, 0.2) is 28.4 Å². The lowest BCUT2D eigenvalue weighted by molar-refractivity contribution is 0.308. The summed E-state index contributed by atoms with van der Waals surface area (Å²) in [7, 11) is 0. The Morgan fingerprint density at radius 3 is 2.85 bits per heavy atom. The quantitative estimate of drug-likeness (QED) is 0.347. The number of ether oxygens (including phenoxy) is 1. The number of halogens is 1. The molecule has 4 N–H and O–H groups in total. The average Bonchev–Trinajstić information content (AvgIpc) is 2.40. The van der Waals surface area contributed by atoms with E-state index in [1.165, 1.54) is 6.21 Å². The first-order chi connectivity index (χ1) is 9.63. The Balaban J connectivity index is 2.53. The van der Waals surface area contributed by atoms with Crippen molar-refractivity contribution in [1.29, 1.82) is 5.26 Å². The summed E-state index contributed by atoms with van der Waals surface area (Å²) in [5.74, 6) is 0.493. The summed E-state index contributed by atoms with van der Waals surface area (Å²) < 4.78 is 5.53. The zero-order chi connectivity index (χ0) is 14.8. The predicted molar refractivity (Wildman–Crippen MR) is 79.8 cm³/mol. The van der Waals surface area contributed by atoms with Gasteiger partial charge in [-0.15, -0.1) is 5.10 Å². The van der Waals surface area contributed by atoms with E-state index in [9.17, 15) is 0 Å². The van der Waals surface area contributed by atoms with Gasteiger partial charge in [-0.05, 0) is 36.6 Å². The Labute approximate surface area is 122 Å². The highest BCUT2D eigenvalue weighted by Crippen LogP contribution is 2.25. The number of benzene rings is 1. The molecule has 0 aromatic heterocycles. The monoisotopic (exact) mass is 293 g/mol. The van der Waals surface area contributed by atoms with Crippen molar-refractivity contribution in [2.24, 2.45) is 21.7 Å². The lowest BCUT2D eigenvalue weighted by Gasteiger charge is -2.07. The molecule has 20 heavy (non-hydrogen) atoms. The van der Waals surface area contributed by atoms with Crippen molar-refractivity contribution in [3.63, 3.8) is 0 Å². The van der Waals surface area contributed by atoms with E-state index in [2.05, 4.69) is 16.3 Å². The minimum atomic E-state index is -0.107. The van der Waals surface area contributed by atoms with Crippen LogP contribution in [0.1, 0.15) is 24.8 Å². The molecule has 0 atom stereocenters. The van der Waals surface area contributed by atoms with Crippen molar-refractivity contribution >= 4 is 23.8 Å². The van der Waals surface area contributed by atoms with E-state index in [0.717, 1.165) is 18.4 Å². The van der Waals surface area contributed by atoms with Gasteiger partial charge in [0.2, 0.25) is 5.96 Å². The summed E-state index contributed by atoms with van der Waals surface area (Å²) in [6.45, 7) is 0.531. The van der Waals surface area contributed by atoms with E-state index < -0.39 is 0 Å². The van der Waals surface area contributed by atoms with Crippen LogP contribution in [0.4, 0.5) is 0 Å². The number of rotatable bonds is 7. The molecule has 0 unspecified atom stereocenters. The third kappa shape index (κ3) is 6.07. The highest BCUT2D eigenvalue weighted by Gasteiger charge is 2.02. The van der Waals surface area contributed by atoms with Crippen molar-refractivity contribution < 1.29 is 4.74 Å². The van der Waals surface area contributed by atoms with Gasteiger partial charge in [0.15, 0.2) is 0 Å². The number of nitrogens with two attached hydrogens (primary N) is 2. The lowest BCUT2D eigenvalue weighted by atomic mass is 10.2. The minimum Gasteiger partial charge on any atom is -0.492 e. The van der Waals surface area contributed by atoms with Crippen molar-refractivity contribution in [1.82, 2.24) is 0 Å². The summed E-state index contributed by atoms with van der Waals surface area (Å²) in [6, 6.07) is 7.34. The van der Waals surface area contributed by atoms with Gasteiger partial charge in [0.1, 0.15) is 5.75 Å². The maximum absolute atomic E-state index is 8.41. The molecule has 106 valence electrons. The Kier molecular flexibility index (Phi) is 6.93. The van der Waals surface area contributed by atoms with Crippen molar-refractivity contribution in [3.05, 3.63) is 28.8 Å². The predicted octanol–water partition coefficient (Wildman–Crippen LogP) is 2.02. The SMILES string of the molecule is N#CCCCCOc1ccc(C=NN=C(N)N)cc1Cl. The third-order valence-electron chi connectivity index (χ3n) is 2.28. The molecular formula is C13H16ClN5O. The molecule has 0 bridgehead atoms. The fourth-order valence-corrected chi connectivity index (χ4v) is 1.61. The summed E-state index contributed by atoms with van der Waals surface area (Å²) in [6.07, 6.45) is 3.66. The number of nitrogens with zero attached hydrogens (tertiary/aromatic N) is 3. The fourth-order valence-electron chi connectivity index (χ4n) is 1.36. The molecule has 0 saturated carbocycles. The lowest BCUT2D eigenvalue weighted by Crippen LogP contribution is -2.21. The second kappa shape index (κ2) is 8.77. The highest BCUT2D eigenvalue weighted by molar-refractivity contribution is 6.32. The molecule has 0 fully saturated rings. The van der Waals surface area contributed by atoms with Gasteiger partial charge in [0.25, 0.3) is 0 Å². The van der Waals surface area contributed by atoms with Crippen LogP contribution in [0.5, 0.6) is 5.75 Å². The molecule has 7 heteroatoms. The first-order valence-corrected chi connectivity index (χ1v) is 6.42.